The summed E-state index contributed by atoms with van der Waals surface area (Å²) in [6.07, 6.45) is 0. The first-order valence-electron chi connectivity index (χ1n) is 15.1. The van der Waals surface area contributed by atoms with E-state index < -0.39 is 0 Å². The van der Waals surface area contributed by atoms with Gasteiger partial charge in [-0.1, -0.05) is 115 Å². The van der Waals surface area contributed by atoms with Crippen LogP contribution in [-0.2, 0) is 0 Å². The maximum Gasteiger partial charge on any atom is 0.164 e. The molecule has 9 rings (SSSR count). The van der Waals surface area contributed by atoms with Gasteiger partial charge in [0.05, 0.1) is 10.2 Å². The van der Waals surface area contributed by atoms with Gasteiger partial charge in [0.2, 0.25) is 0 Å². The molecule has 0 bridgehead atoms. The van der Waals surface area contributed by atoms with Crippen LogP contribution in [0.3, 0.4) is 0 Å². The molecule has 46 heavy (non-hydrogen) atoms. The van der Waals surface area contributed by atoms with Gasteiger partial charge >= 0.3 is 0 Å². The fourth-order valence-corrected chi connectivity index (χ4v) is 6.89. The van der Waals surface area contributed by atoms with E-state index in [-0.39, 0.29) is 0 Å². The van der Waals surface area contributed by atoms with Crippen molar-refractivity contribution in [2.75, 3.05) is 0 Å². The third kappa shape index (κ3) is 4.64. The molecule has 9 aromatic rings. The van der Waals surface area contributed by atoms with Gasteiger partial charge in [-0.15, -0.1) is 11.3 Å². The average Bonchev–Trinajstić information content (AvgIpc) is 3.74. The molecule has 0 aliphatic rings. The van der Waals surface area contributed by atoms with E-state index in [1.165, 1.54) is 4.70 Å². The first kappa shape index (κ1) is 26.4. The monoisotopic (exact) mass is 608 g/mol. The van der Waals surface area contributed by atoms with Crippen molar-refractivity contribution in [3.05, 3.63) is 146 Å². The van der Waals surface area contributed by atoms with Gasteiger partial charge in [-0.3, -0.25) is 0 Å². The zero-order valence-electron chi connectivity index (χ0n) is 24.5. The lowest BCUT2D eigenvalue weighted by atomic mass is 10.00. The Morgan fingerprint density at radius 1 is 0.435 bits per heavy atom. The third-order valence-electron chi connectivity index (χ3n) is 8.19. The van der Waals surface area contributed by atoms with Gasteiger partial charge in [0, 0.05) is 33.0 Å². The minimum Gasteiger partial charge on any atom is -0.456 e. The minimum absolute atomic E-state index is 0.603. The van der Waals surface area contributed by atoms with E-state index in [1.54, 1.807) is 11.3 Å². The Bertz CT molecular complexity index is 2430. The molecule has 0 saturated carbocycles. The summed E-state index contributed by atoms with van der Waals surface area (Å²) in [6.45, 7) is 0. The van der Waals surface area contributed by atoms with Crippen molar-refractivity contribution in [3.63, 3.8) is 0 Å². The van der Waals surface area contributed by atoms with Gasteiger partial charge < -0.3 is 4.42 Å². The molecule has 5 nitrogen and oxygen atoms in total. The molecular formula is C40H24N4OS. The van der Waals surface area contributed by atoms with Crippen LogP contribution in [0.4, 0.5) is 0 Å². The van der Waals surface area contributed by atoms with Crippen LogP contribution in [0.25, 0.3) is 88.0 Å². The molecule has 0 spiro atoms. The molecule has 216 valence electrons. The topological polar surface area (TPSA) is 64.7 Å². The van der Waals surface area contributed by atoms with Crippen LogP contribution in [0.2, 0.25) is 0 Å². The van der Waals surface area contributed by atoms with Crippen LogP contribution in [0, 0.1) is 0 Å². The van der Waals surface area contributed by atoms with Crippen LogP contribution in [-0.4, -0.2) is 19.9 Å². The Kier molecular flexibility index (Phi) is 6.25. The van der Waals surface area contributed by atoms with E-state index >= 15 is 0 Å². The maximum atomic E-state index is 6.36. The van der Waals surface area contributed by atoms with Crippen molar-refractivity contribution in [1.29, 1.82) is 0 Å². The molecule has 0 radical (unpaired) electrons. The van der Waals surface area contributed by atoms with Crippen LogP contribution >= 0.6 is 11.3 Å². The predicted molar refractivity (Wildman–Crippen MR) is 187 cm³/mol. The second kappa shape index (κ2) is 10.9. The maximum absolute atomic E-state index is 6.36. The molecule has 0 aliphatic carbocycles. The van der Waals surface area contributed by atoms with Gasteiger partial charge in [-0.25, -0.2) is 19.9 Å². The lowest BCUT2D eigenvalue weighted by molar-refractivity contribution is 0.669. The normalized spacial score (nSPS) is 11.5. The van der Waals surface area contributed by atoms with Crippen molar-refractivity contribution < 1.29 is 4.42 Å². The van der Waals surface area contributed by atoms with E-state index in [4.69, 9.17) is 24.4 Å². The molecule has 0 N–H and O–H groups in total. The van der Waals surface area contributed by atoms with Crippen LogP contribution in [0.5, 0.6) is 0 Å². The molecule has 0 atom stereocenters. The highest BCUT2D eigenvalue weighted by Crippen LogP contribution is 2.39. The molecule has 6 aromatic carbocycles. The number of aromatic nitrogens is 4. The van der Waals surface area contributed by atoms with Gasteiger partial charge in [0.1, 0.15) is 16.2 Å². The first-order chi connectivity index (χ1) is 22.8. The second-order valence-corrected chi connectivity index (χ2v) is 12.1. The summed E-state index contributed by atoms with van der Waals surface area (Å²) in [7, 11) is 0. The second-order valence-electron chi connectivity index (χ2n) is 11.1. The van der Waals surface area contributed by atoms with Gasteiger partial charge in [0.15, 0.2) is 17.5 Å². The molecule has 0 fully saturated rings. The summed E-state index contributed by atoms with van der Waals surface area (Å²) in [6, 6.07) is 49.4. The summed E-state index contributed by atoms with van der Waals surface area (Å²) in [5.74, 6) is 1.86. The Labute approximate surface area is 268 Å². The van der Waals surface area contributed by atoms with Gasteiger partial charge in [-0.05, 0) is 41.5 Å². The van der Waals surface area contributed by atoms with Crippen molar-refractivity contribution in [3.8, 4) is 55.9 Å². The summed E-state index contributed by atoms with van der Waals surface area (Å²) in [5, 5.41) is 3.02. The first-order valence-corrected chi connectivity index (χ1v) is 15.9. The molecule has 0 aliphatic heterocycles. The standard InChI is InChI=1S/C40H24N4OS/c1-3-10-26(11-4-1)37-42-38(27-12-5-2-6-13-27)44-39(43-37)30-14-9-16-34-36(30)31-24-29(22-23-33(31)45-34)25-18-20-28(21-19-25)40-41-32-15-7-8-17-35(32)46-40/h1-24H. The zero-order valence-corrected chi connectivity index (χ0v) is 25.3. The lowest BCUT2D eigenvalue weighted by Gasteiger charge is -2.09. The highest BCUT2D eigenvalue weighted by Gasteiger charge is 2.18. The largest absolute Gasteiger partial charge is 0.456 e. The summed E-state index contributed by atoms with van der Waals surface area (Å²) in [5.41, 5.74) is 8.74. The lowest BCUT2D eigenvalue weighted by Crippen LogP contribution is -2.00. The van der Waals surface area contributed by atoms with Crippen LogP contribution in [0.15, 0.2) is 150 Å². The van der Waals surface area contributed by atoms with Crippen LogP contribution in [0.1, 0.15) is 0 Å². The summed E-state index contributed by atoms with van der Waals surface area (Å²) in [4.78, 5) is 19.7. The van der Waals surface area contributed by atoms with Gasteiger partial charge in [0.25, 0.3) is 0 Å². The average molecular weight is 609 g/mol. The summed E-state index contributed by atoms with van der Waals surface area (Å²) >= 11 is 1.72. The number of rotatable bonds is 5. The molecule has 0 unspecified atom stereocenters. The van der Waals surface area contributed by atoms with E-state index in [2.05, 4.69) is 60.7 Å². The minimum atomic E-state index is 0.603. The van der Waals surface area contributed by atoms with Crippen molar-refractivity contribution in [2.24, 2.45) is 0 Å². The Hall–Kier alpha value is -5.98. The fourth-order valence-electron chi connectivity index (χ4n) is 5.92. The summed E-state index contributed by atoms with van der Waals surface area (Å²) < 4.78 is 7.56. The van der Waals surface area contributed by atoms with E-state index in [0.29, 0.717) is 17.5 Å². The van der Waals surface area contributed by atoms with E-state index in [9.17, 15) is 0 Å². The fraction of sp³-hybridized carbons (Fsp3) is 0. The molecule has 3 aromatic heterocycles. The number of para-hydroxylation sites is 1. The number of hydrogen-bond acceptors (Lipinski definition) is 6. The predicted octanol–water partition coefficient (Wildman–Crippen LogP) is 10.7. The number of furan rings is 1. The molecule has 6 heteroatoms. The SMILES string of the molecule is c1ccc(-c2nc(-c3ccccc3)nc(-c3cccc4oc5ccc(-c6ccc(-c7nc8ccccc8s7)cc6)cc5c34)n2)cc1. The van der Waals surface area contributed by atoms with Crippen LogP contribution < -0.4 is 0 Å². The molecular weight excluding hydrogens is 585 g/mol. The quantitative estimate of drug-likeness (QED) is 0.194. The molecule has 0 amide bonds. The third-order valence-corrected chi connectivity index (χ3v) is 9.28. The Balaban J connectivity index is 1.17. The van der Waals surface area contributed by atoms with Crippen molar-refractivity contribution >= 4 is 43.5 Å². The molecule has 0 saturated heterocycles. The Morgan fingerprint density at radius 2 is 1.07 bits per heavy atom. The number of thiazole rings is 1. The Morgan fingerprint density at radius 3 is 1.78 bits per heavy atom. The van der Waals surface area contributed by atoms with E-state index in [0.717, 1.165) is 65.8 Å². The number of benzene rings is 6. The molecule has 3 heterocycles. The smallest absolute Gasteiger partial charge is 0.164 e. The number of fused-ring (bicyclic) bond motifs is 4. The highest BCUT2D eigenvalue weighted by atomic mass is 32.1. The highest BCUT2D eigenvalue weighted by molar-refractivity contribution is 7.21. The van der Waals surface area contributed by atoms with Crippen molar-refractivity contribution in [2.45, 2.75) is 0 Å². The number of hydrogen-bond donors (Lipinski definition) is 0. The van der Waals surface area contributed by atoms with Crippen molar-refractivity contribution in [1.82, 2.24) is 19.9 Å². The number of nitrogens with zero attached hydrogens (tertiary/aromatic N) is 4. The van der Waals surface area contributed by atoms with Gasteiger partial charge in [-0.2, -0.15) is 0 Å². The zero-order chi connectivity index (χ0) is 30.5. The van der Waals surface area contributed by atoms with E-state index in [1.807, 2.05) is 84.9 Å².